The summed E-state index contributed by atoms with van der Waals surface area (Å²) in [4.78, 5) is 2.49. The number of aliphatic hydroxyl groups is 1. The lowest BCUT2D eigenvalue weighted by Crippen LogP contribution is -2.34. The first kappa shape index (κ1) is 21.0. The summed E-state index contributed by atoms with van der Waals surface area (Å²) in [5.74, 6) is 0. The van der Waals surface area contributed by atoms with E-state index in [9.17, 15) is 0 Å². The first-order valence-corrected chi connectivity index (χ1v) is 12.0. The van der Waals surface area contributed by atoms with Gasteiger partial charge in [-0.3, -0.25) is 0 Å². The summed E-state index contributed by atoms with van der Waals surface area (Å²) in [5, 5.41) is 16.2. The van der Waals surface area contributed by atoms with Gasteiger partial charge in [0.25, 0.3) is 0 Å². The molecular weight excluding hydrogens is 376 g/mol. The van der Waals surface area contributed by atoms with Crippen LogP contribution in [-0.4, -0.2) is 42.3 Å². The van der Waals surface area contributed by atoms with Crippen LogP contribution in [0.3, 0.4) is 0 Å². The van der Waals surface area contributed by atoms with Gasteiger partial charge in [-0.1, -0.05) is 57.7 Å². The highest BCUT2D eigenvalue weighted by molar-refractivity contribution is 8.05. The smallest absolute Gasteiger partial charge is 0.0713 e. The minimum atomic E-state index is 0.217. The van der Waals surface area contributed by atoms with Crippen LogP contribution < -0.4 is 5.32 Å². The Morgan fingerprint density at radius 3 is 2.59 bits per heavy atom. The molecule has 1 aromatic carbocycles. The van der Waals surface area contributed by atoms with Crippen molar-refractivity contribution in [1.29, 1.82) is 0 Å². The van der Waals surface area contributed by atoms with E-state index < -0.39 is 0 Å². The van der Waals surface area contributed by atoms with E-state index in [1.165, 1.54) is 34.6 Å². The lowest BCUT2D eigenvalue weighted by Gasteiger charge is -2.42. The molecule has 0 aromatic heterocycles. The van der Waals surface area contributed by atoms with Crippen molar-refractivity contribution in [2.45, 2.75) is 70.3 Å². The van der Waals surface area contributed by atoms with E-state index in [-0.39, 0.29) is 17.4 Å². The molecule has 1 fully saturated rings. The summed E-state index contributed by atoms with van der Waals surface area (Å²) >= 11 is 1.87. The van der Waals surface area contributed by atoms with Crippen LogP contribution in [0.5, 0.6) is 0 Å². The van der Waals surface area contributed by atoms with Crippen molar-refractivity contribution in [1.82, 2.24) is 10.2 Å². The van der Waals surface area contributed by atoms with Crippen LogP contribution in [0, 0.1) is 0 Å². The van der Waals surface area contributed by atoms with E-state index >= 15 is 0 Å². The molecule has 3 nitrogen and oxygen atoms in total. The van der Waals surface area contributed by atoms with E-state index in [1.807, 2.05) is 11.8 Å². The fraction of sp³-hybridized carbons (Fsp3) is 0.600. The van der Waals surface area contributed by atoms with Gasteiger partial charge in [-0.2, -0.15) is 0 Å². The van der Waals surface area contributed by atoms with Crippen LogP contribution in [0.25, 0.3) is 5.57 Å². The SMILES string of the molecule is CC1(C)CCC(C)(C)c2cc(C3=CSC(N4CC[C@@H](NCCO)C4)=CC3)ccc21. The topological polar surface area (TPSA) is 35.5 Å². The quantitative estimate of drug-likeness (QED) is 0.712. The second kappa shape index (κ2) is 8.13. The lowest BCUT2D eigenvalue weighted by molar-refractivity contribution is 0.284. The maximum Gasteiger partial charge on any atom is 0.0713 e. The number of fused-ring (bicyclic) bond motifs is 1. The van der Waals surface area contributed by atoms with Crippen molar-refractivity contribution in [2.24, 2.45) is 0 Å². The zero-order chi connectivity index (χ0) is 20.6. The monoisotopic (exact) mass is 412 g/mol. The normalized spacial score (nSPS) is 25.4. The van der Waals surface area contributed by atoms with Crippen LogP contribution in [-0.2, 0) is 10.8 Å². The summed E-state index contributed by atoms with van der Waals surface area (Å²) < 4.78 is 0. The first-order chi connectivity index (χ1) is 13.8. The molecule has 2 heterocycles. The number of nitrogens with zero attached hydrogens (tertiary/aromatic N) is 1. The van der Waals surface area contributed by atoms with Crippen molar-refractivity contribution < 1.29 is 5.11 Å². The third-order valence-corrected chi connectivity index (χ3v) is 8.16. The maximum atomic E-state index is 9.01. The molecule has 1 aliphatic carbocycles. The maximum absolute atomic E-state index is 9.01. The highest BCUT2D eigenvalue weighted by Crippen LogP contribution is 2.47. The molecule has 1 atom stereocenters. The first-order valence-electron chi connectivity index (χ1n) is 11.1. The molecule has 29 heavy (non-hydrogen) atoms. The zero-order valence-electron chi connectivity index (χ0n) is 18.4. The molecule has 1 aromatic rings. The van der Waals surface area contributed by atoms with Gasteiger partial charge in [0.1, 0.15) is 0 Å². The molecule has 2 aliphatic heterocycles. The average Bonchev–Trinajstić information content (AvgIpc) is 3.19. The van der Waals surface area contributed by atoms with Gasteiger partial charge in [-0.15, -0.1) is 0 Å². The van der Waals surface area contributed by atoms with Crippen molar-refractivity contribution in [3.63, 3.8) is 0 Å². The van der Waals surface area contributed by atoms with Crippen LogP contribution in [0.4, 0.5) is 0 Å². The number of rotatable bonds is 5. The van der Waals surface area contributed by atoms with E-state index in [1.54, 1.807) is 5.56 Å². The summed E-state index contributed by atoms with van der Waals surface area (Å²) in [6, 6.07) is 7.72. The van der Waals surface area contributed by atoms with Crippen molar-refractivity contribution in [3.05, 3.63) is 51.4 Å². The molecule has 0 unspecified atom stereocenters. The Bertz CT molecular complexity index is 824. The molecule has 0 radical (unpaired) electrons. The molecule has 4 rings (SSSR count). The summed E-state index contributed by atoms with van der Waals surface area (Å²) in [5.41, 5.74) is 6.45. The second-order valence-electron chi connectivity index (χ2n) is 10.1. The summed E-state index contributed by atoms with van der Waals surface area (Å²) in [7, 11) is 0. The number of hydrogen-bond acceptors (Lipinski definition) is 4. The van der Waals surface area contributed by atoms with Gasteiger partial charge >= 0.3 is 0 Å². The van der Waals surface area contributed by atoms with Crippen molar-refractivity contribution in [3.8, 4) is 0 Å². The number of aliphatic hydroxyl groups excluding tert-OH is 1. The van der Waals surface area contributed by atoms with Gasteiger partial charge in [-0.05, 0) is 70.3 Å². The summed E-state index contributed by atoms with van der Waals surface area (Å²) in [6.45, 7) is 12.7. The van der Waals surface area contributed by atoms with Crippen molar-refractivity contribution >= 4 is 17.3 Å². The minimum Gasteiger partial charge on any atom is -0.395 e. The minimum absolute atomic E-state index is 0.217. The van der Waals surface area contributed by atoms with E-state index in [4.69, 9.17) is 5.11 Å². The number of allylic oxidation sites excluding steroid dienone is 2. The Morgan fingerprint density at radius 1 is 1.14 bits per heavy atom. The summed E-state index contributed by atoms with van der Waals surface area (Å²) in [6.07, 6.45) is 7.10. The molecule has 0 spiro atoms. The Labute approximate surface area is 180 Å². The van der Waals surface area contributed by atoms with Crippen LogP contribution in [0.2, 0.25) is 0 Å². The zero-order valence-corrected chi connectivity index (χ0v) is 19.2. The Hall–Kier alpha value is -1.23. The van der Waals surface area contributed by atoms with E-state index in [0.29, 0.717) is 12.6 Å². The largest absolute Gasteiger partial charge is 0.395 e. The average molecular weight is 413 g/mol. The molecule has 0 saturated carbocycles. The van der Waals surface area contributed by atoms with E-state index in [2.05, 4.69) is 67.6 Å². The highest BCUT2D eigenvalue weighted by atomic mass is 32.2. The molecule has 1 saturated heterocycles. The number of benzene rings is 1. The van der Waals surface area contributed by atoms with Crippen LogP contribution in [0.1, 0.15) is 70.1 Å². The Balaban J connectivity index is 1.47. The van der Waals surface area contributed by atoms with Gasteiger partial charge in [0.15, 0.2) is 0 Å². The van der Waals surface area contributed by atoms with Gasteiger partial charge in [0, 0.05) is 25.7 Å². The molecule has 4 heteroatoms. The lowest BCUT2D eigenvalue weighted by atomic mass is 9.63. The van der Waals surface area contributed by atoms with Crippen LogP contribution in [0.15, 0.2) is 34.7 Å². The standard InChI is InChI=1S/C25H36N2OS/c1-24(2)10-11-25(3,4)22-15-18(5-7-21(22)24)19-6-8-23(29-17-19)27-13-9-20(16-27)26-12-14-28/h5,7-8,15,17,20,26,28H,6,9-14,16H2,1-4H3/t20-/m1/s1. The third-order valence-electron chi connectivity index (χ3n) is 7.09. The number of nitrogens with one attached hydrogen (secondary N) is 1. The molecule has 0 bridgehead atoms. The van der Waals surface area contributed by atoms with Gasteiger partial charge in [0.05, 0.1) is 11.6 Å². The molecule has 3 aliphatic rings. The predicted octanol–water partition coefficient (Wildman–Crippen LogP) is 5.01. The van der Waals surface area contributed by atoms with Gasteiger partial charge in [0.2, 0.25) is 0 Å². The number of hydrogen-bond donors (Lipinski definition) is 2. The van der Waals surface area contributed by atoms with Gasteiger partial charge < -0.3 is 15.3 Å². The van der Waals surface area contributed by atoms with Crippen molar-refractivity contribution in [2.75, 3.05) is 26.2 Å². The Kier molecular flexibility index (Phi) is 5.89. The fourth-order valence-electron chi connectivity index (χ4n) is 5.00. The molecule has 0 amide bonds. The molecular formula is C25H36N2OS. The van der Waals surface area contributed by atoms with Gasteiger partial charge in [-0.25, -0.2) is 0 Å². The van der Waals surface area contributed by atoms with Crippen LogP contribution >= 0.6 is 11.8 Å². The number of likely N-dealkylation sites (tertiary alicyclic amines) is 1. The molecule has 2 N–H and O–H groups in total. The van der Waals surface area contributed by atoms with E-state index in [0.717, 1.165) is 25.9 Å². The number of thioether (sulfide) groups is 1. The highest BCUT2D eigenvalue weighted by Gasteiger charge is 2.37. The molecule has 158 valence electrons. The second-order valence-corrected chi connectivity index (χ2v) is 11.0. The Morgan fingerprint density at radius 2 is 1.90 bits per heavy atom. The third kappa shape index (κ3) is 4.30. The fourth-order valence-corrected chi connectivity index (χ4v) is 5.99. The predicted molar refractivity (Wildman–Crippen MR) is 125 cm³/mol.